The maximum atomic E-state index is 12.9. The third-order valence-corrected chi connectivity index (χ3v) is 8.28. The fraction of sp³-hybridized carbons (Fsp3) is 0.500. The maximum absolute atomic E-state index is 12.9. The third kappa shape index (κ3) is 5.61. The topological polar surface area (TPSA) is 108 Å². The highest BCUT2D eigenvalue weighted by Crippen LogP contribution is 2.38. The Morgan fingerprint density at radius 3 is 2.53 bits per heavy atom. The van der Waals surface area contributed by atoms with Gasteiger partial charge in [-0.15, -0.1) is 11.3 Å². The zero-order valence-corrected chi connectivity index (χ0v) is 21.8. The van der Waals surface area contributed by atoms with Crippen molar-refractivity contribution in [2.45, 2.75) is 64.2 Å². The summed E-state index contributed by atoms with van der Waals surface area (Å²) in [5.41, 5.74) is 2.46. The molecule has 10 heteroatoms. The minimum Gasteiger partial charge on any atom is -0.496 e. The van der Waals surface area contributed by atoms with Gasteiger partial charge in [0, 0.05) is 4.88 Å². The van der Waals surface area contributed by atoms with Gasteiger partial charge in [0.15, 0.2) is 0 Å². The lowest BCUT2D eigenvalue weighted by atomic mass is 9.95. The molecule has 0 unspecified atom stereocenters. The summed E-state index contributed by atoms with van der Waals surface area (Å²) in [6.45, 7) is 6.73. The number of anilines is 1. The van der Waals surface area contributed by atoms with Crippen molar-refractivity contribution in [3.05, 3.63) is 39.3 Å². The molecule has 0 saturated carbocycles. The number of fused-ring (bicyclic) bond motifs is 1. The summed E-state index contributed by atoms with van der Waals surface area (Å²) in [5.74, 6) is -0.528. The van der Waals surface area contributed by atoms with Crippen LogP contribution in [0.15, 0.2) is 17.0 Å². The number of carbonyl (C=O) groups is 2. The highest BCUT2D eigenvalue weighted by atomic mass is 32.2. The molecule has 186 valence electrons. The molecule has 2 aromatic rings. The van der Waals surface area contributed by atoms with E-state index in [1.807, 2.05) is 13.8 Å². The number of rotatable bonds is 9. The Kier molecular flexibility index (Phi) is 8.38. The Bertz CT molecular complexity index is 1180. The van der Waals surface area contributed by atoms with E-state index in [9.17, 15) is 18.0 Å². The summed E-state index contributed by atoms with van der Waals surface area (Å²) in [4.78, 5) is 26.2. The molecule has 0 bridgehead atoms. The van der Waals surface area contributed by atoms with Crippen LogP contribution in [0.5, 0.6) is 5.75 Å². The van der Waals surface area contributed by atoms with E-state index in [4.69, 9.17) is 13.7 Å². The number of aryl methyl sites for hydroxylation is 2. The van der Waals surface area contributed by atoms with Gasteiger partial charge in [-0.1, -0.05) is 13.8 Å². The molecule has 1 heterocycles. The smallest absolute Gasteiger partial charge is 0.341 e. The second-order valence-electron chi connectivity index (χ2n) is 8.41. The molecule has 0 fully saturated rings. The van der Waals surface area contributed by atoms with Crippen LogP contribution in [0.4, 0.5) is 5.00 Å². The molecule has 1 N–H and O–H groups in total. The fourth-order valence-electron chi connectivity index (χ4n) is 4.01. The number of esters is 1. The summed E-state index contributed by atoms with van der Waals surface area (Å²) in [5, 5.41) is 3.04. The molecule has 0 atom stereocenters. The number of amides is 1. The first kappa shape index (κ1) is 26.2. The van der Waals surface area contributed by atoms with Crippen molar-refractivity contribution >= 4 is 38.3 Å². The van der Waals surface area contributed by atoms with E-state index in [1.54, 1.807) is 19.9 Å². The number of benzene rings is 1. The van der Waals surface area contributed by atoms with E-state index in [-0.39, 0.29) is 17.4 Å². The summed E-state index contributed by atoms with van der Waals surface area (Å²) >= 11 is 1.33. The van der Waals surface area contributed by atoms with Crippen molar-refractivity contribution in [3.63, 3.8) is 0 Å². The minimum absolute atomic E-state index is 0.0106. The molecule has 1 aliphatic rings. The van der Waals surface area contributed by atoms with Gasteiger partial charge in [-0.05, 0) is 74.3 Å². The van der Waals surface area contributed by atoms with Crippen LogP contribution >= 0.6 is 11.3 Å². The lowest BCUT2D eigenvalue weighted by molar-refractivity contribution is -0.118. The lowest BCUT2D eigenvalue weighted by Gasteiger charge is -2.16. The normalized spacial score (nSPS) is 13.5. The second-order valence-corrected chi connectivity index (χ2v) is 11.1. The molecule has 0 spiro atoms. The van der Waals surface area contributed by atoms with Gasteiger partial charge in [0.25, 0.3) is 16.0 Å². The van der Waals surface area contributed by atoms with Crippen LogP contribution in [0.25, 0.3) is 0 Å². The largest absolute Gasteiger partial charge is 0.496 e. The molecule has 1 amide bonds. The maximum Gasteiger partial charge on any atom is 0.341 e. The van der Waals surface area contributed by atoms with Crippen LogP contribution in [-0.4, -0.2) is 40.6 Å². The third-order valence-electron chi connectivity index (χ3n) is 5.67. The van der Waals surface area contributed by atoms with Crippen molar-refractivity contribution in [1.82, 2.24) is 0 Å². The number of hydrogen-bond acceptors (Lipinski definition) is 8. The Hall–Kier alpha value is -2.43. The van der Waals surface area contributed by atoms with Crippen LogP contribution in [0.1, 0.15) is 71.5 Å². The van der Waals surface area contributed by atoms with Gasteiger partial charge in [-0.25, -0.2) is 4.79 Å². The Labute approximate surface area is 204 Å². The average molecular weight is 510 g/mol. The second kappa shape index (κ2) is 10.9. The predicted molar refractivity (Wildman–Crippen MR) is 131 cm³/mol. The molecular formula is C24H31NO7S2. The van der Waals surface area contributed by atoms with Crippen LogP contribution in [0, 0.1) is 6.92 Å². The van der Waals surface area contributed by atoms with Gasteiger partial charge in [0.1, 0.15) is 17.4 Å². The van der Waals surface area contributed by atoms with Crippen LogP contribution in [0.3, 0.4) is 0 Å². The summed E-state index contributed by atoms with van der Waals surface area (Å²) in [6.07, 6.45) is 3.56. The zero-order chi connectivity index (χ0) is 25.0. The van der Waals surface area contributed by atoms with E-state index < -0.39 is 28.6 Å². The first-order valence-electron chi connectivity index (χ1n) is 11.3. The van der Waals surface area contributed by atoms with Gasteiger partial charge in [-0.3, -0.25) is 8.98 Å². The molecule has 1 aliphatic carbocycles. The molecule has 1 aromatic heterocycles. The minimum atomic E-state index is -4.20. The molecular weight excluding hydrogens is 478 g/mol. The first-order chi connectivity index (χ1) is 16.1. The van der Waals surface area contributed by atoms with E-state index in [2.05, 4.69) is 5.32 Å². The number of nitrogens with one attached hydrogen (secondary N) is 1. The van der Waals surface area contributed by atoms with Crippen molar-refractivity contribution in [2.24, 2.45) is 0 Å². The highest BCUT2D eigenvalue weighted by Gasteiger charge is 2.28. The fourth-order valence-corrected chi connectivity index (χ4v) is 6.41. The summed E-state index contributed by atoms with van der Waals surface area (Å²) in [6, 6.07) is 3.17. The van der Waals surface area contributed by atoms with Crippen LogP contribution < -0.4 is 10.1 Å². The Morgan fingerprint density at radius 1 is 1.18 bits per heavy atom. The number of methoxy groups -OCH3 is 1. The molecule has 1 aromatic carbocycles. The predicted octanol–water partition coefficient (Wildman–Crippen LogP) is 4.59. The molecule has 0 radical (unpaired) electrons. The monoisotopic (exact) mass is 509 g/mol. The SMILES string of the molecule is CCOC(=O)c1c(NC(=O)COS(=O)(=O)c2cc(C(C)C)c(OC)cc2C)sc2c1CCCC2. The van der Waals surface area contributed by atoms with E-state index in [1.165, 1.54) is 24.5 Å². The van der Waals surface area contributed by atoms with Crippen molar-refractivity contribution in [1.29, 1.82) is 0 Å². The molecule has 0 aliphatic heterocycles. The van der Waals surface area contributed by atoms with E-state index in [0.29, 0.717) is 21.9 Å². The lowest BCUT2D eigenvalue weighted by Crippen LogP contribution is -2.22. The molecule has 34 heavy (non-hydrogen) atoms. The van der Waals surface area contributed by atoms with Crippen molar-refractivity contribution < 1.29 is 31.7 Å². The van der Waals surface area contributed by atoms with E-state index >= 15 is 0 Å². The van der Waals surface area contributed by atoms with Gasteiger partial charge >= 0.3 is 5.97 Å². The van der Waals surface area contributed by atoms with Crippen LogP contribution in [0.2, 0.25) is 0 Å². The molecule has 0 saturated heterocycles. The zero-order valence-electron chi connectivity index (χ0n) is 20.1. The van der Waals surface area contributed by atoms with Gasteiger partial charge in [-0.2, -0.15) is 8.42 Å². The quantitative estimate of drug-likeness (QED) is 0.389. The number of hydrogen-bond donors (Lipinski definition) is 1. The molecule has 3 rings (SSSR count). The van der Waals surface area contributed by atoms with Crippen molar-refractivity contribution in [3.8, 4) is 5.75 Å². The Morgan fingerprint density at radius 2 is 1.88 bits per heavy atom. The number of ether oxygens (including phenoxy) is 2. The molecule has 8 nitrogen and oxygen atoms in total. The summed E-state index contributed by atoms with van der Waals surface area (Å²) in [7, 11) is -2.67. The first-order valence-corrected chi connectivity index (χ1v) is 13.5. The van der Waals surface area contributed by atoms with Gasteiger partial charge in [0.2, 0.25) is 0 Å². The van der Waals surface area contributed by atoms with Gasteiger partial charge in [0.05, 0.1) is 24.2 Å². The van der Waals surface area contributed by atoms with Crippen molar-refractivity contribution in [2.75, 3.05) is 25.6 Å². The summed E-state index contributed by atoms with van der Waals surface area (Å²) < 4.78 is 41.4. The highest BCUT2D eigenvalue weighted by molar-refractivity contribution is 7.86. The standard InChI is InChI=1S/C24H31NO7S2/c1-6-31-24(27)22-16-9-7-8-10-19(16)33-23(22)25-21(26)13-32-34(28,29)20-12-17(14(2)3)18(30-5)11-15(20)4/h11-12,14H,6-10,13H2,1-5H3,(H,25,26). The Balaban J connectivity index is 1.79. The average Bonchev–Trinajstić information content (AvgIpc) is 3.15. The number of carbonyl (C=O) groups excluding carboxylic acids is 2. The number of thiophene rings is 1. The van der Waals surface area contributed by atoms with E-state index in [0.717, 1.165) is 41.7 Å². The van der Waals surface area contributed by atoms with Gasteiger partial charge < -0.3 is 14.8 Å². The van der Waals surface area contributed by atoms with Crippen LogP contribution in [-0.2, 0) is 36.7 Å².